The molecular weight excluding hydrogens is 279 g/mol. The maximum absolute atomic E-state index is 11.9. The van der Waals surface area contributed by atoms with Crippen LogP contribution in [0.25, 0.3) is 0 Å². The van der Waals surface area contributed by atoms with Crippen LogP contribution in [0.4, 0.5) is 0 Å². The van der Waals surface area contributed by atoms with Gasteiger partial charge >= 0.3 is 0 Å². The summed E-state index contributed by atoms with van der Waals surface area (Å²) in [6.45, 7) is 0.497. The molecule has 0 aliphatic heterocycles. The number of halogens is 2. The van der Waals surface area contributed by atoms with Crippen molar-refractivity contribution < 1.29 is 8.42 Å². The lowest BCUT2D eigenvalue weighted by molar-refractivity contribution is 0.477. The van der Waals surface area contributed by atoms with E-state index in [0.717, 1.165) is 15.6 Å². The third-order valence-corrected chi connectivity index (χ3v) is 5.37. The second-order valence-corrected chi connectivity index (χ2v) is 7.10. The molecule has 0 saturated heterocycles. The van der Waals surface area contributed by atoms with Gasteiger partial charge in [0.05, 0.1) is 4.34 Å². The van der Waals surface area contributed by atoms with Gasteiger partial charge in [0.25, 0.3) is 0 Å². The molecule has 0 aromatic carbocycles. The lowest BCUT2D eigenvalue weighted by Gasteiger charge is -2.15. The van der Waals surface area contributed by atoms with Gasteiger partial charge in [0, 0.05) is 20.1 Å². The molecule has 0 bridgehead atoms. The van der Waals surface area contributed by atoms with Crippen molar-refractivity contribution in [1.29, 1.82) is 0 Å². The highest BCUT2D eigenvalue weighted by Crippen LogP contribution is 2.35. The van der Waals surface area contributed by atoms with Crippen molar-refractivity contribution >= 4 is 44.6 Å². The maximum Gasteiger partial charge on any atom is 0.245 e. The highest BCUT2D eigenvalue weighted by atomic mass is 35.5. The number of likely N-dealkylation sites (N-methyl/N-ethyl adjacent to an activating group) is 1. The van der Waals surface area contributed by atoms with Crippen molar-refractivity contribution in [3.63, 3.8) is 0 Å². The fourth-order valence-electron chi connectivity index (χ4n) is 0.971. The summed E-state index contributed by atoms with van der Waals surface area (Å²) >= 11 is 12.5. The van der Waals surface area contributed by atoms with E-state index in [2.05, 4.69) is 0 Å². The molecule has 0 atom stereocenters. The highest BCUT2D eigenvalue weighted by Gasteiger charge is 2.25. The fourth-order valence-corrected chi connectivity index (χ4v) is 4.27. The smallest absolute Gasteiger partial charge is 0.245 e. The van der Waals surface area contributed by atoms with Gasteiger partial charge in [-0.05, 0) is 6.07 Å². The van der Waals surface area contributed by atoms with Crippen LogP contribution in [0.1, 0.15) is 0 Å². The van der Waals surface area contributed by atoms with E-state index in [1.807, 2.05) is 0 Å². The van der Waals surface area contributed by atoms with Crippen molar-refractivity contribution in [2.75, 3.05) is 20.1 Å². The molecule has 0 aliphatic rings. The summed E-state index contributed by atoms with van der Waals surface area (Å²) < 4.78 is 25.4. The van der Waals surface area contributed by atoms with Gasteiger partial charge in [-0.3, -0.25) is 0 Å². The molecule has 1 rings (SSSR count). The second-order valence-electron chi connectivity index (χ2n) is 2.80. The minimum Gasteiger partial charge on any atom is -0.329 e. The van der Waals surface area contributed by atoms with Crippen molar-refractivity contribution in [1.82, 2.24) is 4.31 Å². The molecule has 0 aliphatic carbocycles. The Bertz CT molecular complexity index is 444. The largest absolute Gasteiger partial charge is 0.329 e. The molecular formula is C7H10Cl2N2O2S2. The number of nitrogens with zero attached hydrogens (tertiary/aromatic N) is 1. The van der Waals surface area contributed by atoms with Crippen LogP contribution in [0, 0.1) is 0 Å². The molecule has 0 amide bonds. The monoisotopic (exact) mass is 288 g/mol. The molecule has 86 valence electrons. The summed E-state index contributed by atoms with van der Waals surface area (Å²) in [5.41, 5.74) is 5.28. The molecule has 0 radical (unpaired) electrons. The molecule has 0 unspecified atom stereocenters. The number of thiophene rings is 1. The van der Waals surface area contributed by atoms with E-state index >= 15 is 0 Å². The van der Waals surface area contributed by atoms with Crippen molar-refractivity contribution in [3.8, 4) is 0 Å². The summed E-state index contributed by atoms with van der Waals surface area (Å²) in [5.74, 6) is 0. The summed E-state index contributed by atoms with van der Waals surface area (Å²) in [4.78, 5) is 0.0371. The van der Waals surface area contributed by atoms with Crippen LogP contribution < -0.4 is 5.73 Å². The summed E-state index contributed by atoms with van der Waals surface area (Å²) in [5, 5.41) is 0. The first kappa shape index (κ1) is 13.2. The first-order chi connectivity index (χ1) is 6.89. The van der Waals surface area contributed by atoms with E-state index < -0.39 is 10.0 Å². The number of rotatable bonds is 4. The Kier molecular flexibility index (Phi) is 4.39. The Hall–Kier alpha value is 0.150. The summed E-state index contributed by atoms with van der Waals surface area (Å²) in [6.07, 6.45) is 0. The lowest BCUT2D eigenvalue weighted by atomic mass is 10.7. The third kappa shape index (κ3) is 2.83. The Morgan fingerprint density at radius 3 is 2.53 bits per heavy atom. The Morgan fingerprint density at radius 2 is 2.13 bits per heavy atom. The minimum atomic E-state index is -3.56. The van der Waals surface area contributed by atoms with Crippen LogP contribution in [0.2, 0.25) is 8.67 Å². The van der Waals surface area contributed by atoms with Crippen LogP contribution in [-0.4, -0.2) is 32.9 Å². The van der Waals surface area contributed by atoms with Crippen LogP contribution >= 0.6 is 34.5 Å². The minimum absolute atomic E-state index is 0.0371. The molecule has 1 aromatic rings. The first-order valence-electron chi connectivity index (χ1n) is 4.01. The van der Waals surface area contributed by atoms with Gasteiger partial charge in [0.1, 0.15) is 9.23 Å². The fraction of sp³-hybridized carbons (Fsp3) is 0.429. The predicted molar refractivity (Wildman–Crippen MR) is 63.2 cm³/mol. The second kappa shape index (κ2) is 4.99. The van der Waals surface area contributed by atoms with E-state index in [1.165, 1.54) is 13.1 Å². The molecule has 1 aromatic heterocycles. The molecule has 4 nitrogen and oxygen atoms in total. The van der Waals surface area contributed by atoms with Gasteiger partial charge in [-0.1, -0.05) is 23.2 Å². The van der Waals surface area contributed by atoms with E-state index in [1.54, 1.807) is 0 Å². The van der Waals surface area contributed by atoms with Gasteiger partial charge < -0.3 is 5.73 Å². The summed E-state index contributed by atoms with van der Waals surface area (Å²) in [7, 11) is -2.12. The zero-order valence-corrected chi connectivity index (χ0v) is 11.0. The van der Waals surface area contributed by atoms with Gasteiger partial charge in [-0.25, -0.2) is 8.42 Å². The van der Waals surface area contributed by atoms with Crippen LogP contribution in [0.15, 0.2) is 11.0 Å². The third-order valence-electron chi connectivity index (χ3n) is 1.76. The Labute approximate surface area is 103 Å². The van der Waals surface area contributed by atoms with Gasteiger partial charge in [-0.2, -0.15) is 4.31 Å². The zero-order chi connectivity index (χ0) is 11.6. The zero-order valence-electron chi connectivity index (χ0n) is 7.91. The van der Waals surface area contributed by atoms with Crippen LogP contribution in [0.3, 0.4) is 0 Å². The normalized spacial score (nSPS) is 12.3. The van der Waals surface area contributed by atoms with Crippen molar-refractivity contribution in [3.05, 3.63) is 14.7 Å². The standard InChI is InChI=1S/C7H10Cl2N2O2S2/c1-11(3-2-10)15(12,13)5-4-6(8)14-7(5)9/h4H,2-3,10H2,1H3. The number of hydrogen-bond acceptors (Lipinski definition) is 4. The van der Waals surface area contributed by atoms with Crippen LogP contribution in [0.5, 0.6) is 0 Å². The highest BCUT2D eigenvalue weighted by molar-refractivity contribution is 7.89. The topological polar surface area (TPSA) is 63.4 Å². The van der Waals surface area contributed by atoms with Crippen molar-refractivity contribution in [2.45, 2.75) is 4.90 Å². The summed E-state index contributed by atoms with van der Waals surface area (Å²) in [6, 6.07) is 1.34. The maximum atomic E-state index is 11.9. The molecule has 0 spiro atoms. The number of hydrogen-bond donors (Lipinski definition) is 1. The number of nitrogens with two attached hydrogens (primary N) is 1. The van der Waals surface area contributed by atoms with Crippen molar-refractivity contribution in [2.24, 2.45) is 5.73 Å². The van der Waals surface area contributed by atoms with Gasteiger partial charge in [0.15, 0.2) is 0 Å². The van der Waals surface area contributed by atoms with Gasteiger partial charge in [-0.15, -0.1) is 11.3 Å². The molecule has 8 heteroatoms. The Balaban J connectivity index is 3.11. The first-order valence-corrected chi connectivity index (χ1v) is 7.02. The van der Waals surface area contributed by atoms with E-state index in [9.17, 15) is 8.42 Å². The van der Waals surface area contributed by atoms with E-state index in [4.69, 9.17) is 28.9 Å². The van der Waals surface area contributed by atoms with Gasteiger partial charge in [0.2, 0.25) is 10.0 Å². The SMILES string of the molecule is CN(CCN)S(=O)(=O)c1cc(Cl)sc1Cl. The number of sulfonamides is 1. The van der Waals surface area contributed by atoms with E-state index in [0.29, 0.717) is 4.34 Å². The predicted octanol–water partition coefficient (Wildman–Crippen LogP) is 1.63. The average Bonchev–Trinajstić information content (AvgIpc) is 2.46. The van der Waals surface area contributed by atoms with E-state index in [-0.39, 0.29) is 22.3 Å². The molecule has 15 heavy (non-hydrogen) atoms. The molecule has 0 fully saturated rings. The van der Waals surface area contributed by atoms with Crippen LogP contribution in [-0.2, 0) is 10.0 Å². The quantitative estimate of drug-likeness (QED) is 0.916. The lowest BCUT2D eigenvalue weighted by Crippen LogP contribution is -2.31. The molecule has 0 saturated carbocycles. The molecule has 2 N–H and O–H groups in total. The average molecular weight is 289 g/mol. The Morgan fingerprint density at radius 1 is 1.53 bits per heavy atom. The molecule has 1 heterocycles.